The van der Waals surface area contributed by atoms with Gasteiger partial charge in [-0.15, -0.1) is 0 Å². The molecule has 0 radical (unpaired) electrons. The summed E-state index contributed by atoms with van der Waals surface area (Å²) >= 11 is 0. The Morgan fingerprint density at radius 3 is 2.11 bits per heavy atom. The first-order valence-corrected chi connectivity index (χ1v) is 7.43. The molecule has 0 spiro atoms. The van der Waals surface area contributed by atoms with E-state index in [1.54, 1.807) is 12.1 Å². The van der Waals surface area contributed by atoms with Gasteiger partial charge in [-0.2, -0.15) is 0 Å². The van der Waals surface area contributed by atoms with E-state index in [2.05, 4.69) is 25.5 Å². The molecule has 0 aliphatic heterocycles. The summed E-state index contributed by atoms with van der Waals surface area (Å²) in [5, 5.41) is 0. The van der Waals surface area contributed by atoms with Gasteiger partial charge >= 0.3 is 0 Å². The van der Waals surface area contributed by atoms with E-state index in [-0.39, 0.29) is 16.4 Å². The fraction of sp³-hybridized carbons (Fsp3) is 0.538. The zero-order chi connectivity index (χ0) is 14.0. The van der Waals surface area contributed by atoms with Gasteiger partial charge in [0, 0.05) is 6.04 Å². The number of nitrogens with two attached hydrogens (primary N) is 1. The molecule has 1 unspecified atom stereocenters. The van der Waals surface area contributed by atoms with Crippen LogP contribution in [0.4, 0.5) is 0 Å². The molecule has 1 rings (SSSR count). The van der Waals surface area contributed by atoms with Gasteiger partial charge in [-0.25, -0.2) is 13.1 Å². The van der Waals surface area contributed by atoms with Crippen molar-refractivity contribution < 1.29 is 8.42 Å². The minimum Gasteiger partial charge on any atom is -0.327 e. The Bertz CT molecular complexity index is 487. The standard InChI is InChI=1S/C13H22N2O2S/c1-13(2,3)12(14)9-10-5-7-11(8-6-10)18(16,17)15-4/h5-8,12,15H,9,14H2,1-4H3. The van der Waals surface area contributed by atoms with Crippen LogP contribution in [0.5, 0.6) is 0 Å². The Hall–Kier alpha value is -0.910. The summed E-state index contributed by atoms with van der Waals surface area (Å²) in [6.45, 7) is 6.28. The zero-order valence-electron chi connectivity index (χ0n) is 11.4. The molecular formula is C13H22N2O2S. The van der Waals surface area contributed by atoms with Gasteiger partial charge in [0.1, 0.15) is 0 Å². The molecule has 1 atom stereocenters. The van der Waals surface area contributed by atoms with Crippen LogP contribution in [0.3, 0.4) is 0 Å². The predicted octanol–water partition coefficient (Wildman–Crippen LogP) is 1.51. The lowest BCUT2D eigenvalue weighted by atomic mass is 9.84. The smallest absolute Gasteiger partial charge is 0.240 e. The Morgan fingerprint density at radius 2 is 1.72 bits per heavy atom. The first-order valence-electron chi connectivity index (χ1n) is 5.95. The summed E-state index contributed by atoms with van der Waals surface area (Å²) in [5.74, 6) is 0. The minimum absolute atomic E-state index is 0.0374. The van der Waals surface area contributed by atoms with Gasteiger partial charge in [0.05, 0.1) is 4.90 Å². The van der Waals surface area contributed by atoms with Crippen molar-refractivity contribution in [3.8, 4) is 0 Å². The molecule has 1 aromatic carbocycles. The molecule has 102 valence electrons. The number of hydrogen-bond donors (Lipinski definition) is 2. The summed E-state index contributed by atoms with van der Waals surface area (Å²) in [5.41, 5.74) is 7.19. The third kappa shape index (κ3) is 3.80. The van der Waals surface area contributed by atoms with E-state index < -0.39 is 10.0 Å². The van der Waals surface area contributed by atoms with Gasteiger partial charge in [0.15, 0.2) is 0 Å². The van der Waals surface area contributed by atoms with Crippen LogP contribution in [-0.4, -0.2) is 21.5 Å². The van der Waals surface area contributed by atoms with Crippen molar-refractivity contribution in [3.63, 3.8) is 0 Å². The molecule has 0 amide bonds. The van der Waals surface area contributed by atoms with Crippen LogP contribution in [0.25, 0.3) is 0 Å². The summed E-state index contributed by atoms with van der Waals surface area (Å²) in [6.07, 6.45) is 0.739. The van der Waals surface area contributed by atoms with Gasteiger partial charge < -0.3 is 5.73 Å². The third-order valence-corrected chi connectivity index (χ3v) is 4.50. The van der Waals surface area contributed by atoms with Gasteiger partial charge in [0.2, 0.25) is 10.0 Å². The van der Waals surface area contributed by atoms with Crippen molar-refractivity contribution in [2.24, 2.45) is 11.1 Å². The van der Waals surface area contributed by atoms with Crippen molar-refractivity contribution in [2.45, 2.75) is 38.1 Å². The van der Waals surface area contributed by atoms with Crippen LogP contribution < -0.4 is 10.5 Å². The largest absolute Gasteiger partial charge is 0.327 e. The normalized spacial score (nSPS) is 14.5. The van der Waals surface area contributed by atoms with Gasteiger partial charge in [0.25, 0.3) is 0 Å². The van der Waals surface area contributed by atoms with E-state index in [0.717, 1.165) is 12.0 Å². The van der Waals surface area contributed by atoms with E-state index in [0.29, 0.717) is 0 Å². The maximum Gasteiger partial charge on any atom is 0.240 e. The molecule has 3 N–H and O–H groups in total. The van der Waals surface area contributed by atoms with Crippen molar-refractivity contribution in [1.82, 2.24) is 4.72 Å². The van der Waals surface area contributed by atoms with Crippen molar-refractivity contribution in [1.29, 1.82) is 0 Å². The minimum atomic E-state index is -3.35. The molecule has 1 aromatic rings. The lowest BCUT2D eigenvalue weighted by Gasteiger charge is -2.27. The molecule has 0 heterocycles. The molecule has 0 saturated heterocycles. The van der Waals surface area contributed by atoms with Gasteiger partial charge in [-0.1, -0.05) is 32.9 Å². The molecule has 0 aliphatic carbocycles. The van der Waals surface area contributed by atoms with E-state index in [1.165, 1.54) is 7.05 Å². The Labute approximate surface area is 110 Å². The second-order valence-corrected chi connectivity index (χ2v) is 7.41. The van der Waals surface area contributed by atoms with Crippen molar-refractivity contribution in [2.75, 3.05) is 7.05 Å². The van der Waals surface area contributed by atoms with Gasteiger partial charge in [-0.05, 0) is 36.6 Å². The fourth-order valence-electron chi connectivity index (χ4n) is 1.48. The highest BCUT2D eigenvalue weighted by atomic mass is 32.2. The van der Waals surface area contributed by atoms with E-state index in [9.17, 15) is 8.42 Å². The lowest BCUT2D eigenvalue weighted by Crippen LogP contribution is -2.36. The average Bonchev–Trinajstić information content (AvgIpc) is 2.28. The van der Waals surface area contributed by atoms with Crippen LogP contribution >= 0.6 is 0 Å². The fourth-order valence-corrected chi connectivity index (χ4v) is 2.21. The predicted molar refractivity (Wildman–Crippen MR) is 73.8 cm³/mol. The number of nitrogens with one attached hydrogen (secondary N) is 1. The second-order valence-electron chi connectivity index (χ2n) is 5.53. The van der Waals surface area contributed by atoms with E-state index >= 15 is 0 Å². The molecule has 0 aliphatic rings. The molecule has 0 bridgehead atoms. The summed E-state index contributed by atoms with van der Waals surface area (Å²) in [6, 6.07) is 6.89. The van der Waals surface area contributed by atoms with Crippen LogP contribution in [0.2, 0.25) is 0 Å². The zero-order valence-corrected chi connectivity index (χ0v) is 12.2. The third-order valence-electron chi connectivity index (χ3n) is 3.07. The second kappa shape index (κ2) is 5.38. The molecule has 5 heteroatoms. The molecule has 4 nitrogen and oxygen atoms in total. The Balaban J connectivity index is 2.85. The molecule has 0 saturated carbocycles. The van der Waals surface area contributed by atoms with Crippen LogP contribution in [-0.2, 0) is 16.4 Å². The van der Waals surface area contributed by atoms with E-state index in [1.807, 2.05) is 12.1 Å². The van der Waals surface area contributed by atoms with Crippen LogP contribution in [0.1, 0.15) is 26.3 Å². The summed E-state index contributed by atoms with van der Waals surface area (Å²) in [7, 11) is -1.95. The van der Waals surface area contributed by atoms with Crippen molar-refractivity contribution in [3.05, 3.63) is 29.8 Å². The molecular weight excluding hydrogens is 248 g/mol. The van der Waals surface area contributed by atoms with Crippen molar-refractivity contribution >= 4 is 10.0 Å². The monoisotopic (exact) mass is 270 g/mol. The average molecular weight is 270 g/mol. The number of hydrogen-bond acceptors (Lipinski definition) is 3. The molecule has 18 heavy (non-hydrogen) atoms. The summed E-state index contributed by atoms with van der Waals surface area (Å²) < 4.78 is 25.4. The SMILES string of the molecule is CNS(=O)(=O)c1ccc(CC(N)C(C)(C)C)cc1. The maximum atomic E-state index is 11.6. The van der Waals surface area contributed by atoms with Crippen LogP contribution in [0.15, 0.2) is 29.2 Å². The highest BCUT2D eigenvalue weighted by molar-refractivity contribution is 7.89. The van der Waals surface area contributed by atoms with E-state index in [4.69, 9.17) is 5.73 Å². The maximum absolute atomic E-state index is 11.6. The van der Waals surface area contributed by atoms with Crippen LogP contribution in [0, 0.1) is 5.41 Å². The topological polar surface area (TPSA) is 72.2 Å². The Kier molecular flexibility index (Phi) is 4.53. The Morgan fingerprint density at radius 1 is 1.22 bits per heavy atom. The number of benzene rings is 1. The molecule has 0 aromatic heterocycles. The molecule has 0 fully saturated rings. The number of rotatable bonds is 4. The van der Waals surface area contributed by atoms with Gasteiger partial charge in [-0.3, -0.25) is 0 Å². The lowest BCUT2D eigenvalue weighted by molar-refractivity contribution is 0.318. The highest BCUT2D eigenvalue weighted by Crippen LogP contribution is 2.21. The highest BCUT2D eigenvalue weighted by Gasteiger charge is 2.20. The first-order chi connectivity index (χ1) is 8.16. The first kappa shape index (κ1) is 15.1. The number of sulfonamides is 1. The quantitative estimate of drug-likeness (QED) is 0.871. The summed E-state index contributed by atoms with van der Waals surface area (Å²) in [4.78, 5) is 0.276.